The maximum Gasteiger partial charge on any atom is 0.237 e. The van der Waals surface area contributed by atoms with E-state index in [0.717, 1.165) is 0 Å². The van der Waals surface area contributed by atoms with Crippen molar-refractivity contribution >= 4 is 5.91 Å². The first kappa shape index (κ1) is 10.4. The molecule has 0 aliphatic heterocycles. The second-order valence-electron chi connectivity index (χ2n) is 3.70. The van der Waals surface area contributed by atoms with E-state index in [1.54, 1.807) is 14.1 Å². The Kier molecular flexibility index (Phi) is 3.52. The summed E-state index contributed by atoms with van der Waals surface area (Å²) in [5.74, 6) is 0.0417. The molecule has 1 atom stereocenters. The molecule has 0 aliphatic rings. The van der Waals surface area contributed by atoms with Crippen LogP contribution in [0.1, 0.15) is 20.8 Å². The van der Waals surface area contributed by atoms with Crippen molar-refractivity contribution in [2.75, 3.05) is 14.1 Å². The monoisotopic (exact) mass is 158 g/mol. The molecule has 0 aromatic carbocycles. The molecular formula is C8H18N2O. The average molecular weight is 158 g/mol. The highest BCUT2D eigenvalue weighted by Crippen LogP contribution is 2.18. The highest BCUT2D eigenvalue weighted by atomic mass is 16.2. The summed E-state index contributed by atoms with van der Waals surface area (Å²) in [4.78, 5) is 11.2. The number of nitrogens with one attached hydrogen (secondary N) is 2. The van der Waals surface area contributed by atoms with Gasteiger partial charge in [0.2, 0.25) is 5.91 Å². The fraction of sp³-hybridized carbons (Fsp3) is 0.875. The molecule has 0 fully saturated rings. The molecule has 0 saturated carbocycles. The highest BCUT2D eigenvalue weighted by molar-refractivity contribution is 5.82. The molecule has 2 N–H and O–H groups in total. The minimum atomic E-state index is -0.118. The zero-order valence-electron chi connectivity index (χ0n) is 7.99. The summed E-state index contributed by atoms with van der Waals surface area (Å²) in [6.07, 6.45) is 0. The number of hydrogen-bond donors (Lipinski definition) is 2. The number of carbonyl (C=O) groups is 1. The van der Waals surface area contributed by atoms with Gasteiger partial charge in [-0.1, -0.05) is 20.8 Å². The van der Waals surface area contributed by atoms with Crippen LogP contribution in [-0.2, 0) is 4.79 Å². The van der Waals surface area contributed by atoms with Crippen LogP contribution in [-0.4, -0.2) is 26.0 Å². The Morgan fingerprint density at radius 1 is 1.27 bits per heavy atom. The van der Waals surface area contributed by atoms with Crippen LogP contribution in [0.5, 0.6) is 0 Å². The summed E-state index contributed by atoms with van der Waals surface area (Å²) >= 11 is 0. The van der Waals surface area contributed by atoms with Crippen LogP contribution >= 0.6 is 0 Å². The van der Waals surface area contributed by atoms with Gasteiger partial charge in [0.15, 0.2) is 0 Å². The maximum absolute atomic E-state index is 11.2. The van der Waals surface area contributed by atoms with Gasteiger partial charge in [-0.25, -0.2) is 0 Å². The highest BCUT2D eigenvalue weighted by Gasteiger charge is 2.28. The van der Waals surface area contributed by atoms with Gasteiger partial charge in [0.05, 0.1) is 6.04 Å². The molecule has 0 radical (unpaired) electrons. The summed E-state index contributed by atoms with van der Waals surface area (Å²) in [6.45, 7) is 6.09. The summed E-state index contributed by atoms with van der Waals surface area (Å²) < 4.78 is 0. The molecule has 0 heterocycles. The Morgan fingerprint density at radius 2 is 1.73 bits per heavy atom. The zero-order chi connectivity index (χ0) is 9.07. The Balaban J connectivity index is 4.29. The summed E-state index contributed by atoms with van der Waals surface area (Å²) in [5, 5.41) is 5.60. The second-order valence-corrected chi connectivity index (χ2v) is 3.70. The molecule has 0 spiro atoms. The van der Waals surface area contributed by atoms with E-state index in [1.807, 2.05) is 20.8 Å². The first-order valence-corrected chi connectivity index (χ1v) is 3.82. The van der Waals surface area contributed by atoms with Crippen LogP contribution in [0.25, 0.3) is 0 Å². The molecule has 1 amide bonds. The molecule has 1 unspecified atom stereocenters. The van der Waals surface area contributed by atoms with Gasteiger partial charge < -0.3 is 10.6 Å². The van der Waals surface area contributed by atoms with Crippen LogP contribution in [0, 0.1) is 5.41 Å². The average Bonchev–Trinajstić information content (AvgIpc) is 1.86. The molecule has 0 saturated heterocycles. The van der Waals surface area contributed by atoms with Crippen LogP contribution in [0.15, 0.2) is 0 Å². The van der Waals surface area contributed by atoms with Gasteiger partial charge >= 0.3 is 0 Å². The van der Waals surface area contributed by atoms with Crippen molar-refractivity contribution in [2.24, 2.45) is 5.41 Å². The normalized spacial score (nSPS) is 14.3. The van der Waals surface area contributed by atoms with E-state index in [-0.39, 0.29) is 17.4 Å². The summed E-state index contributed by atoms with van der Waals surface area (Å²) in [7, 11) is 3.45. The third kappa shape index (κ3) is 2.89. The lowest BCUT2D eigenvalue weighted by molar-refractivity contribution is -0.124. The van der Waals surface area contributed by atoms with Crippen molar-refractivity contribution < 1.29 is 4.79 Å². The van der Waals surface area contributed by atoms with Gasteiger partial charge in [0, 0.05) is 7.05 Å². The van der Waals surface area contributed by atoms with Gasteiger partial charge in [-0.15, -0.1) is 0 Å². The largest absolute Gasteiger partial charge is 0.358 e. The van der Waals surface area contributed by atoms with Crippen molar-refractivity contribution in [1.82, 2.24) is 10.6 Å². The molecule has 0 aromatic heterocycles. The van der Waals surface area contributed by atoms with E-state index >= 15 is 0 Å². The lowest BCUT2D eigenvalue weighted by Crippen LogP contribution is -2.49. The summed E-state index contributed by atoms with van der Waals surface area (Å²) in [5.41, 5.74) is -0.0329. The van der Waals surface area contributed by atoms with Crippen LogP contribution in [0.3, 0.4) is 0 Å². The van der Waals surface area contributed by atoms with E-state index < -0.39 is 0 Å². The molecule has 0 aliphatic carbocycles. The van der Waals surface area contributed by atoms with E-state index in [2.05, 4.69) is 10.6 Å². The van der Waals surface area contributed by atoms with E-state index in [4.69, 9.17) is 0 Å². The quantitative estimate of drug-likeness (QED) is 0.609. The number of amides is 1. The van der Waals surface area contributed by atoms with Crippen molar-refractivity contribution in [3.8, 4) is 0 Å². The predicted octanol–water partition coefficient (Wildman–Crippen LogP) is 0.366. The third-order valence-corrected chi connectivity index (χ3v) is 1.66. The Morgan fingerprint density at radius 3 is 1.82 bits per heavy atom. The van der Waals surface area contributed by atoms with Crippen molar-refractivity contribution in [3.63, 3.8) is 0 Å². The molecule has 0 aromatic rings. The third-order valence-electron chi connectivity index (χ3n) is 1.66. The first-order chi connectivity index (χ1) is 4.93. The van der Waals surface area contributed by atoms with Gasteiger partial charge in [0.1, 0.15) is 0 Å². The molecule has 11 heavy (non-hydrogen) atoms. The first-order valence-electron chi connectivity index (χ1n) is 3.82. The number of rotatable bonds is 2. The standard InChI is InChI=1S/C8H18N2O/c1-8(2,3)6(9-4)7(11)10-5/h6,9H,1-5H3,(H,10,11). The zero-order valence-corrected chi connectivity index (χ0v) is 7.99. The SMILES string of the molecule is CNC(=O)C(NC)C(C)(C)C. The number of likely N-dealkylation sites (N-methyl/N-ethyl adjacent to an activating group) is 2. The fourth-order valence-corrected chi connectivity index (χ4v) is 1.10. The van der Waals surface area contributed by atoms with E-state index in [9.17, 15) is 4.79 Å². The molecule has 3 nitrogen and oxygen atoms in total. The van der Waals surface area contributed by atoms with Gasteiger partial charge in [-0.2, -0.15) is 0 Å². The fourth-order valence-electron chi connectivity index (χ4n) is 1.10. The van der Waals surface area contributed by atoms with Gasteiger partial charge in [-0.3, -0.25) is 4.79 Å². The van der Waals surface area contributed by atoms with Crippen molar-refractivity contribution in [2.45, 2.75) is 26.8 Å². The van der Waals surface area contributed by atoms with Gasteiger partial charge in [-0.05, 0) is 12.5 Å². The second kappa shape index (κ2) is 3.72. The van der Waals surface area contributed by atoms with Crippen molar-refractivity contribution in [3.05, 3.63) is 0 Å². The van der Waals surface area contributed by atoms with Crippen LogP contribution < -0.4 is 10.6 Å². The number of carbonyl (C=O) groups excluding carboxylic acids is 1. The van der Waals surface area contributed by atoms with Gasteiger partial charge in [0.25, 0.3) is 0 Å². The Hall–Kier alpha value is -0.570. The van der Waals surface area contributed by atoms with Crippen LogP contribution in [0.4, 0.5) is 0 Å². The molecule has 0 rings (SSSR count). The van der Waals surface area contributed by atoms with E-state index in [1.165, 1.54) is 0 Å². The Labute approximate surface area is 68.6 Å². The minimum Gasteiger partial charge on any atom is -0.358 e. The smallest absolute Gasteiger partial charge is 0.237 e. The lowest BCUT2D eigenvalue weighted by atomic mass is 9.86. The summed E-state index contributed by atoms with van der Waals surface area (Å²) in [6, 6.07) is -0.118. The molecule has 3 heteroatoms. The lowest BCUT2D eigenvalue weighted by Gasteiger charge is -2.28. The number of hydrogen-bond acceptors (Lipinski definition) is 2. The minimum absolute atomic E-state index is 0.0329. The van der Waals surface area contributed by atoms with Crippen LogP contribution in [0.2, 0.25) is 0 Å². The Bertz CT molecular complexity index is 138. The predicted molar refractivity (Wildman–Crippen MR) is 46.4 cm³/mol. The topological polar surface area (TPSA) is 41.1 Å². The molecule has 0 bridgehead atoms. The molecular weight excluding hydrogens is 140 g/mol. The van der Waals surface area contributed by atoms with E-state index in [0.29, 0.717) is 0 Å². The maximum atomic E-state index is 11.2. The molecule has 66 valence electrons. The van der Waals surface area contributed by atoms with Crippen molar-refractivity contribution in [1.29, 1.82) is 0 Å².